The second-order valence-electron chi connectivity index (χ2n) is 3.36. The molecule has 0 bridgehead atoms. The van der Waals surface area contributed by atoms with Crippen LogP contribution >= 0.6 is 0 Å². The van der Waals surface area contributed by atoms with Gasteiger partial charge >= 0.3 is 12.0 Å². The molecule has 2 atom stereocenters. The van der Waals surface area contributed by atoms with Crippen molar-refractivity contribution >= 4 is 17.9 Å². The SMILES string of the molecule is CNC(=O)C(C)NC(=O)NC(CCO)C(=O)O. The fourth-order valence-corrected chi connectivity index (χ4v) is 1.07. The van der Waals surface area contributed by atoms with Gasteiger partial charge in [0.05, 0.1) is 0 Å². The lowest BCUT2D eigenvalue weighted by atomic mass is 10.2. The Morgan fingerprint density at radius 1 is 1.24 bits per heavy atom. The standard InChI is InChI=1S/C9H17N3O5/c1-5(7(14)10-2)11-9(17)12-6(3-4-13)8(15)16/h5-6,13H,3-4H2,1-2H3,(H,10,14)(H,15,16)(H2,11,12,17). The molecule has 5 N–H and O–H groups in total. The van der Waals surface area contributed by atoms with Gasteiger partial charge in [-0.2, -0.15) is 0 Å². The minimum Gasteiger partial charge on any atom is -0.480 e. The molecule has 0 saturated carbocycles. The highest BCUT2D eigenvalue weighted by Crippen LogP contribution is 1.91. The number of hydrogen-bond donors (Lipinski definition) is 5. The lowest BCUT2D eigenvalue weighted by Crippen LogP contribution is -2.52. The highest BCUT2D eigenvalue weighted by atomic mass is 16.4. The number of aliphatic carboxylic acids is 1. The third kappa shape index (κ3) is 5.71. The predicted octanol–water partition coefficient (Wildman–Crippen LogP) is -1.74. The van der Waals surface area contributed by atoms with Crippen LogP contribution in [-0.2, 0) is 9.59 Å². The average Bonchev–Trinajstić information content (AvgIpc) is 2.26. The van der Waals surface area contributed by atoms with Gasteiger partial charge in [0.1, 0.15) is 12.1 Å². The largest absolute Gasteiger partial charge is 0.480 e. The molecule has 3 amide bonds. The van der Waals surface area contributed by atoms with Crippen molar-refractivity contribution in [3.05, 3.63) is 0 Å². The minimum atomic E-state index is -1.25. The summed E-state index contributed by atoms with van der Waals surface area (Å²) in [5, 5.41) is 24.1. The molecule has 0 saturated heterocycles. The van der Waals surface area contributed by atoms with E-state index in [-0.39, 0.29) is 13.0 Å². The zero-order chi connectivity index (χ0) is 13.4. The molecule has 0 aromatic rings. The molecule has 98 valence electrons. The molecule has 17 heavy (non-hydrogen) atoms. The van der Waals surface area contributed by atoms with Crippen molar-refractivity contribution in [2.45, 2.75) is 25.4 Å². The van der Waals surface area contributed by atoms with Crippen molar-refractivity contribution in [3.8, 4) is 0 Å². The normalized spacial score (nSPS) is 13.4. The molecule has 0 aliphatic rings. The van der Waals surface area contributed by atoms with Gasteiger partial charge in [-0.05, 0) is 6.92 Å². The predicted molar refractivity (Wildman–Crippen MR) is 58.3 cm³/mol. The van der Waals surface area contributed by atoms with Crippen molar-refractivity contribution in [3.63, 3.8) is 0 Å². The van der Waals surface area contributed by atoms with Crippen molar-refractivity contribution < 1.29 is 24.6 Å². The summed E-state index contributed by atoms with van der Waals surface area (Å²) in [4.78, 5) is 33.1. The maximum absolute atomic E-state index is 11.3. The summed E-state index contributed by atoms with van der Waals surface area (Å²) in [5.41, 5.74) is 0. The Hall–Kier alpha value is -1.83. The number of carboxylic acids is 1. The average molecular weight is 247 g/mol. The Morgan fingerprint density at radius 2 is 1.82 bits per heavy atom. The monoisotopic (exact) mass is 247 g/mol. The zero-order valence-electron chi connectivity index (χ0n) is 9.69. The van der Waals surface area contributed by atoms with Crippen LogP contribution in [0.1, 0.15) is 13.3 Å². The number of likely N-dealkylation sites (N-methyl/N-ethyl adjacent to an activating group) is 1. The van der Waals surface area contributed by atoms with Crippen LogP contribution in [0.3, 0.4) is 0 Å². The zero-order valence-corrected chi connectivity index (χ0v) is 9.69. The summed E-state index contributed by atoms with van der Waals surface area (Å²) < 4.78 is 0. The summed E-state index contributed by atoms with van der Waals surface area (Å²) >= 11 is 0. The van der Waals surface area contributed by atoms with Crippen LogP contribution in [0, 0.1) is 0 Å². The van der Waals surface area contributed by atoms with Gasteiger partial charge in [0, 0.05) is 20.1 Å². The van der Waals surface area contributed by atoms with Gasteiger partial charge in [0.2, 0.25) is 5.91 Å². The quantitative estimate of drug-likeness (QED) is 0.380. The topological polar surface area (TPSA) is 128 Å². The molecule has 0 rings (SSSR count). The second kappa shape index (κ2) is 7.44. The minimum absolute atomic E-state index is 0.100. The van der Waals surface area contributed by atoms with E-state index in [2.05, 4.69) is 16.0 Å². The van der Waals surface area contributed by atoms with Crippen molar-refractivity contribution in [2.75, 3.05) is 13.7 Å². The molecule has 0 aromatic heterocycles. The number of amides is 3. The molecular weight excluding hydrogens is 230 g/mol. The molecule has 8 nitrogen and oxygen atoms in total. The van der Waals surface area contributed by atoms with Gasteiger partial charge < -0.3 is 26.2 Å². The van der Waals surface area contributed by atoms with Gasteiger partial charge in [-0.1, -0.05) is 0 Å². The smallest absolute Gasteiger partial charge is 0.326 e. The maximum Gasteiger partial charge on any atom is 0.326 e. The Balaban J connectivity index is 4.23. The third-order valence-corrected chi connectivity index (χ3v) is 2.01. The van der Waals surface area contributed by atoms with Gasteiger partial charge in [0.25, 0.3) is 0 Å². The van der Waals surface area contributed by atoms with E-state index < -0.39 is 30.0 Å². The Kier molecular flexibility index (Phi) is 6.64. The van der Waals surface area contributed by atoms with Gasteiger partial charge in [-0.3, -0.25) is 4.79 Å². The van der Waals surface area contributed by atoms with E-state index in [0.717, 1.165) is 0 Å². The fraction of sp³-hybridized carbons (Fsp3) is 0.667. The van der Waals surface area contributed by atoms with Crippen LogP contribution in [0.25, 0.3) is 0 Å². The molecule has 2 unspecified atom stereocenters. The highest BCUT2D eigenvalue weighted by Gasteiger charge is 2.21. The molecule has 0 aliphatic carbocycles. The van der Waals surface area contributed by atoms with E-state index in [4.69, 9.17) is 10.2 Å². The third-order valence-electron chi connectivity index (χ3n) is 2.01. The van der Waals surface area contributed by atoms with E-state index in [9.17, 15) is 14.4 Å². The van der Waals surface area contributed by atoms with Crippen LogP contribution in [0.4, 0.5) is 4.79 Å². The summed E-state index contributed by atoms with van der Waals surface area (Å²) in [7, 11) is 1.42. The van der Waals surface area contributed by atoms with E-state index in [1.807, 2.05) is 0 Å². The fourth-order valence-electron chi connectivity index (χ4n) is 1.07. The number of aliphatic hydroxyl groups excluding tert-OH is 1. The number of carbonyl (C=O) groups excluding carboxylic acids is 2. The second-order valence-corrected chi connectivity index (χ2v) is 3.36. The molecule has 0 aliphatic heterocycles. The van der Waals surface area contributed by atoms with E-state index >= 15 is 0 Å². The van der Waals surface area contributed by atoms with E-state index in [1.165, 1.54) is 14.0 Å². The molecule has 0 fully saturated rings. The number of urea groups is 1. The Bertz CT molecular complexity index is 294. The Morgan fingerprint density at radius 3 is 2.24 bits per heavy atom. The number of aliphatic hydroxyl groups is 1. The summed E-state index contributed by atoms with van der Waals surface area (Å²) in [6.45, 7) is 1.10. The first-order valence-electron chi connectivity index (χ1n) is 5.04. The molecule has 0 radical (unpaired) electrons. The molecular formula is C9H17N3O5. The van der Waals surface area contributed by atoms with E-state index in [1.54, 1.807) is 0 Å². The van der Waals surface area contributed by atoms with Crippen LogP contribution in [0.15, 0.2) is 0 Å². The molecule has 0 heterocycles. The number of carbonyl (C=O) groups is 3. The lowest BCUT2D eigenvalue weighted by molar-refractivity contribution is -0.139. The van der Waals surface area contributed by atoms with Crippen molar-refractivity contribution in [1.82, 2.24) is 16.0 Å². The number of rotatable bonds is 6. The van der Waals surface area contributed by atoms with Crippen molar-refractivity contribution in [2.24, 2.45) is 0 Å². The summed E-state index contributed by atoms with van der Waals surface area (Å²) in [5.74, 6) is -1.64. The van der Waals surface area contributed by atoms with Crippen molar-refractivity contribution in [1.29, 1.82) is 0 Å². The van der Waals surface area contributed by atoms with Gasteiger partial charge in [-0.15, -0.1) is 0 Å². The van der Waals surface area contributed by atoms with E-state index in [0.29, 0.717) is 0 Å². The highest BCUT2D eigenvalue weighted by molar-refractivity contribution is 5.88. The first kappa shape index (κ1) is 15.2. The van der Waals surface area contributed by atoms with Crippen LogP contribution in [0.2, 0.25) is 0 Å². The first-order valence-corrected chi connectivity index (χ1v) is 5.04. The summed E-state index contributed by atoms with van der Waals surface area (Å²) in [6, 6.07) is -2.73. The van der Waals surface area contributed by atoms with Crippen LogP contribution in [-0.4, -0.2) is 53.9 Å². The number of hydrogen-bond acceptors (Lipinski definition) is 4. The van der Waals surface area contributed by atoms with Crippen LogP contribution < -0.4 is 16.0 Å². The first-order chi connectivity index (χ1) is 7.92. The number of nitrogens with one attached hydrogen (secondary N) is 3. The maximum atomic E-state index is 11.3. The molecule has 0 aromatic carbocycles. The van der Waals surface area contributed by atoms with Gasteiger partial charge in [0.15, 0.2) is 0 Å². The Labute approximate surface area is 98.4 Å². The molecule has 8 heteroatoms. The summed E-state index contributed by atoms with van der Waals surface area (Å²) in [6.07, 6.45) is -0.100. The molecule has 0 spiro atoms. The number of carboxylic acid groups (broad SMARTS) is 1. The van der Waals surface area contributed by atoms with Crippen LogP contribution in [0.5, 0.6) is 0 Å². The van der Waals surface area contributed by atoms with Gasteiger partial charge in [-0.25, -0.2) is 9.59 Å². The lowest BCUT2D eigenvalue weighted by Gasteiger charge is -2.16.